The fourth-order valence-electron chi connectivity index (χ4n) is 3.21. The Labute approximate surface area is 230 Å². The molecule has 0 radical (unpaired) electrons. The van der Waals surface area contributed by atoms with Crippen molar-refractivity contribution in [3.63, 3.8) is 0 Å². The van der Waals surface area contributed by atoms with Gasteiger partial charge in [-0.25, -0.2) is 9.79 Å². The van der Waals surface area contributed by atoms with Gasteiger partial charge in [-0.2, -0.15) is 5.10 Å². The number of urea groups is 1. The summed E-state index contributed by atoms with van der Waals surface area (Å²) in [4.78, 5) is 31.3. The molecule has 1 aromatic heterocycles. The molecule has 0 aliphatic carbocycles. The van der Waals surface area contributed by atoms with Gasteiger partial charge < -0.3 is 25.0 Å². The molecule has 2 aromatic carbocycles. The van der Waals surface area contributed by atoms with Gasteiger partial charge in [0.05, 0.1) is 31.1 Å². The molecule has 3 aromatic rings. The summed E-state index contributed by atoms with van der Waals surface area (Å²) in [5.74, 6) is 0.898. The summed E-state index contributed by atoms with van der Waals surface area (Å²) < 4.78 is 5.68. The molecule has 0 aliphatic heterocycles. The van der Waals surface area contributed by atoms with Crippen LogP contribution in [0.4, 0.5) is 10.5 Å². The van der Waals surface area contributed by atoms with Crippen LogP contribution in [0.3, 0.4) is 0 Å². The van der Waals surface area contributed by atoms with Crippen molar-refractivity contribution in [3.05, 3.63) is 76.9 Å². The van der Waals surface area contributed by atoms with E-state index in [0.29, 0.717) is 33.8 Å². The van der Waals surface area contributed by atoms with Crippen LogP contribution < -0.4 is 10.1 Å². The quantitative estimate of drug-likeness (QED) is 0.167. The predicted octanol–water partition coefficient (Wildman–Crippen LogP) is 2.23. The van der Waals surface area contributed by atoms with E-state index in [2.05, 4.69) is 20.5 Å². The summed E-state index contributed by atoms with van der Waals surface area (Å²) in [6.07, 6.45) is 0.183. The molecule has 3 amide bonds. The van der Waals surface area contributed by atoms with E-state index in [4.69, 9.17) is 16.3 Å². The van der Waals surface area contributed by atoms with E-state index >= 15 is 0 Å². The van der Waals surface area contributed by atoms with E-state index in [9.17, 15) is 24.9 Å². The Morgan fingerprint density at radius 3 is 2.31 bits per heavy atom. The van der Waals surface area contributed by atoms with Crippen LogP contribution >= 0.6 is 11.6 Å². The van der Waals surface area contributed by atoms with Crippen LogP contribution in [0.15, 0.2) is 65.7 Å². The zero-order chi connectivity index (χ0) is 28.4. The number of halogens is 1. The molecule has 0 bridgehead atoms. The van der Waals surface area contributed by atoms with Crippen molar-refractivity contribution in [2.75, 3.05) is 26.8 Å². The summed E-state index contributed by atoms with van der Waals surface area (Å²) in [5, 5.41) is 39.9. The molecule has 0 fully saturated rings. The number of aliphatic hydroxyl groups excluding tert-OH is 2. The van der Waals surface area contributed by atoms with Gasteiger partial charge in [-0.3, -0.25) is 15.0 Å². The number of carbonyl (C=O) groups is 2. The third kappa shape index (κ3) is 8.72. The van der Waals surface area contributed by atoms with Gasteiger partial charge in [-0.1, -0.05) is 23.7 Å². The molecule has 13 heteroatoms. The Balaban J connectivity index is 1.83. The molecular weight excluding hydrogens is 528 g/mol. The summed E-state index contributed by atoms with van der Waals surface area (Å²) in [6.45, 7) is -0.223. The number of nitrogens with one attached hydrogen (secondary N) is 1. The fourth-order valence-corrected chi connectivity index (χ4v) is 3.34. The van der Waals surface area contributed by atoms with Crippen molar-refractivity contribution in [2.45, 2.75) is 19.1 Å². The lowest BCUT2D eigenvalue weighted by Gasteiger charge is -2.29. The third-order valence-corrected chi connectivity index (χ3v) is 5.67. The number of nitrogens with zero attached hydrogens (tertiary/aromatic N) is 5. The highest BCUT2D eigenvalue weighted by Gasteiger charge is 2.31. The van der Waals surface area contributed by atoms with Crippen molar-refractivity contribution in [2.24, 2.45) is 4.99 Å². The molecule has 0 saturated carbocycles. The molecule has 12 nitrogen and oxygen atoms in total. The second-order valence-corrected chi connectivity index (χ2v) is 9.17. The minimum absolute atomic E-state index is 0.0800. The highest BCUT2D eigenvalue weighted by Crippen LogP contribution is 2.23. The van der Waals surface area contributed by atoms with Gasteiger partial charge in [-0.05, 0) is 55.0 Å². The molecule has 0 aliphatic rings. The number of hydrogen-bond acceptors (Lipinski definition) is 9. The highest BCUT2D eigenvalue weighted by atomic mass is 35.5. The van der Waals surface area contributed by atoms with E-state index in [0.717, 1.165) is 11.3 Å². The zero-order valence-electron chi connectivity index (χ0n) is 21.4. The van der Waals surface area contributed by atoms with Gasteiger partial charge in [0, 0.05) is 24.7 Å². The van der Waals surface area contributed by atoms with Crippen LogP contribution in [-0.4, -0.2) is 86.1 Å². The number of hydrogen-bond donors (Lipinski definition) is 4. The number of imide groups is 1. The molecular formula is C26H29ClN6O6. The van der Waals surface area contributed by atoms with E-state index in [1.165, 1.54) is 0 Å². The second kappa shape index (κ2) is 13.6. The Morgan fingerprint density at radius 1 is 1.08 bits per heavy atom. The van der Waals surface area contributed by atoms with Crippen molar-refractivity contribution in [3.8, 4) is 11.6 Å². The SMILES string of the molecule is Cc1ccc(Oc2ccc(N=C(NC(=O)N(C=O)CC(O)(CO)CO)N(C)Cc3ccc(Cl)cc3)cc2)nn1. The molecule has 0 atom stereocenters. The number of amides is 3. The number of aromatic nitrogens is 2. The van der Waals surface area contributed by atoms with Crippen molar-refractivity contribution >= 4 is 35.7 Å². The minimum Gasteiger partial charge on any atom is -0.438 e. The number of ether oxygens (including phenoxy) is 1. The first-order valence-corrected chi connectivity index (χ1v) is 12.1. The van der Waals surface area contributed by atoms with Crippen LogP contribution in [0.25, 0.3) is 0 Å². The largest absolute Gasteiger partial charge is 0.438 e. The lowest BCUT2D eigenvalue weighted by atomic mass is 10.1. The molecule has 1 heterocycles. The number of rotatable bonds is 10. The lowest BCUT2D eigenvalue weighted by molar-refractivity contribution is -0.121. The number of guanidine groups is 1. The summed E-state index contributed by atoms with van der Waals surface area (Å²) in [6, 6.07) is 16.3. The fraction of sp³-hybridized carbons (Fsp3) is 0.269. The summed E-state index contributed by atoms with van der Waals surface area (Å²) in [7, 11) is 1.68. The van der Waals surface area contributed by atoms with Crippen molar-refractivity contribution < 1.29 is 29.6 Å². The average molecular weight is 557 g/mol. The smallest absolute Gasteiger partial charge is 0.330 e. The van der Waals surface area contributed by atoms with Crippen LogP contribution in [0, 0.1) is 6.92 Å². The molecule has 0 saturated heterocycles. The second-order valence-electron chi connectivity index (χ2n) is 8.73. The number of aliphatic imine (C=N–C) groups is 1. The van der Waals surface area contributed by atoms with Crippen molar-refractivity contribution in [1.82, 2.24) is 25.3 Å². The van der Waals surface area contributed by atoms with Crippen LogP contribution in [0.1, 0.15) is 11.3 Å². The van der Waals surface area contributed by atoms with Crippen molar-refractivity contribution in [1.29, 1.82) is 0 Å². The molecule has 39 heavy (non-hydrogen) atoms. The Morgan fingerprint density at radius 2 is 1.74 bits per heavy atom. The topological polar surface area (TPSA) is 161 Å². The lowest BCUT2D eigenvalue weighted by Crippen LogP contribution is -2.54. The molecule has 4 N–H and O–H groups in total. The van der Waals surface area contributed by atoms with E-state index < -0.39 is 31.4 Å². The maximum Gasteiger partial charge on any atom is 0.330 e. The average Bonchev–Trinajstić information content (AvgIpc) is 2.94. The molecule has 3 rings (SSSR count). The Bertz CT molecular complexity index is 1270. The maximum atomic E-state index is 12.9. The minimum atomic E-state index is -2.07. The first-order valence-electron chi connectivity index (χ1n) is 11.7. The van der Waals surface area contributed by atoms with Gasteiger partial charge in [0.2, 0.25) is 18.2 Å². The van der Waals surface area contributed by atoms with E-state index in [-0.39, 0.29) is 12.4 Å². The predicted molar refractivity (Wildman–Crippen MR) is 144 cm³/mol. The first-order chi connectivity index (χ1) is 18.6. The third-order valence-electron chi connectivity index (χ3n) is 5.42. The summed E-state index contributed by atoms with van der Waals surface area (Å²) in [5.41, 5.74) is 0.0157. The molecule has 0 unspecified atom stereocenters. The van der Waals surface area contributed by atoms with Gasteiger partial charge in [0.1, 0.15) is 11.4 Å². The van der Waals surface area contributed by atoms with Gasteiger partial charge >= 0.3 is 6.03 Å². The Kier molecular flexibility index (Phi) is 10.3. The molecule has 206 valence electrons. The van der Waals surface area contributed by atoms with Gasteiger partial charge in [-0.15, -0.1) is 5.10 Å². The van der Waals surface area contributed by atoms with Crippen LogP contribution in [-0.2, 0) is 11.3 Å². The monoisotopic (exact) mass is 556 g/mol. The van der Waals surface area contributed by atoms with E-state index in [1.807, 2.05) is 19.1 Å². The van der Waals surface area contributed by atoms with Crippen LogP contribution in [0.2, 0.25) is 5.02 Å². The summed E-state index contributed by atoms with van der Waals surface area (Å²) >= 11 is 5.98. The standard InChI is InChI=1S/C26H29ClN6O6/c1-18-3-12-23(31-30-18)39-22-10-8-21(9-11-22)28-24(32(2)13-19-4-6-20(27)7-5-19)29-25(37)33(17-36)14-26(38,15-34)16-35/h3-12,17,34-35,38H,13-16H2,1-2H3,(H,28,29,37). The van der Waals surface area contributed by atoms with Gasteiger partial charge in [0.25, 0.3) is 0 Å². The Hall–Kier alpha value is -4.10. The maximum absolute atomic E-state index is 12.9. The first kappa shape index (κ1) is 29.5. The number of benzene rings is 2. The zero-order valence-corrected chi connectivity index (χ0v) is 22.1. The van der Waals surface area contributed by atoms with E-state index in [1.54, 1.807) is 60.5 Å². The number of carbonyl (C=O) groups excluding carboxylic acids is 2. The number of aryl methyl sites for hydroxylation is 1. The number of aliphatic hydroxyl groups is 3. The highest BCUT2D eigenvalue weighted by molar-refractivity contribution is 6.30. The normalized spacial score (nSPS) is 11.6. The molecule has 0 spiro atoms. The van der Waals surface area contributed by atoms with Crippen LogP contribution in [0.5, 0.6) is 11.6 Å². The van der Waals surface area contributed by atoms with Gasteiger partial charge in [0.15, 0.2) is 0 Å².